The lowest BCUT2D eigenvalue weighted by atomic mass is 9.96. The fraction of sp³-hybridized carbons (Fsp3) is 0.538. The number of nitrogens with one attached hydrogen (secondary N) is 2. The highest BCUT2D eigenvalue weighted by Gasteiger charge is 2.39. The summed E-state index contributed by atoms with van der Waals surface area (Å²) in [6.07, 6.45) is 9.03. The summed E-state index contributed by atoms with van der Waals surface area (Å²) in [6.45, 7) is 0. The van der Waals surface area contributed by atoms with Crippen molar-refractivity contribution in [3.8, 4) is 0 Å². The van der Waals surface area contributed by atoms with Crippen molar-refractivity contribution in [2.45, 2.75) is 31.7 Å². The zero-order chi connectivity index (χ0) is 11.7. The zero-order valence-electron chi connectivity index (χ0n) is 9.73. The van der Waals surface area contributed by atoms with Crippen molar-refractivity contribution in [3.05, 3.63) is 24.5 Å². The number of aromatic nitrogens is 1. The number of thiocarbonyl (C=S) groups is 1. The van der Waals surface area contributed by atoms with E-state index in [2.05, 4.69) is 15.6 Å². The van der Waals surface area contributed by atoms with Crippen LogP contribution in [0.2, 0.25) is 0 Å². The number of rotatable bonds is 2. The van der Waals surface area contributed by atoms with Crippen molar-refractivity contribution in [3.63, 3.8) is 0 Å². The van der Waals surface area contributed by atoms with Gasteiger partial charge in [-0.05, 0) is 55.4 Å². The van der Waals surface area contributed by atoms with Gasteiger partial charge < -0.3 is 10.6 Å². The predicted octanol–water partition coefficient (Wildman–Crippen LogP) is 2.56. The molecule has 0 unspecified atom stereocenters. The van der Waals surface area contributed by atoms with Crippen LogP contribution < -0.4 is 10.6 Å². The normalized spacial score (nSPS) is 30.2. The number of nitrogens with zero attached hydrogens (tertiary/aromatic N) is 1. The van der Waals surface area contributed by atoms with Gasteiger partial charge in [-0.3, -0.25) is 4.98 Å². The second-order valence-electron chi connectivity index (χ2n) is 5.12. The smallest absolute Gasteiger partial charge is 0.171 e. The van der Waals surface area contributed by atoms with E-state index >= 15 is 0 Å². The molecule has 0 saturated heterocycles. The van der Waals surface area contributed by atoms with Gasteiger partial charge >= 0.3 is 0 Å². The molecule has 2 aliphatic rings. The lowest BCUT2D eigenvalue weighted by Crippen LogP contribution is -2.40. The molecule has 0 aliphatic heterocycles. The first-order chi connectivity index (χ1) is 8.31. The molecule has 0 aromatic carbocycles. The molecule has 3 nitrogen and oxygen atoms in total. The summed E-state index contributed by atoms with van der Waals surface area (Å²) >= 11 is 5.34. The highest BCUT2D eigenvalue weighted by atomic mass is 32.1. The third-order valence-corrected chi connectivity index (χ3v) is 4.19. The van der Waals surface area contributed by atoms with Gasteiger partial charge in [-0.15, -0.1) is 0 Å². The van der Waals surface area contributed by atoms with Crippen molar-refractivity contribution in [1.82, 2.24) is 10.3 Å². The van der Waals surface area contributed by atoms with Crippen LogP contribution in [0.4, 0.5) is 5.69 Å². The Labute approximate surface area is 107 Å². The molecule has 0 amide bonds. The first-order valence-corrected chi connectivity index (χ1v) is 6.69. The number of pyridine rings is 1. The molecule has 2 aliphatic carbocycles. The quantitative estimate of drug-likeness (QED) is 0.788. The van der Waals surface area contributed by atoms with Gasteiger partial charge in [0.2, 0.25) is 0 Å². The summed E-state index contributed by atoms with van der Waals surface area (Å²) in [5, 5.41) is 7.37. The van der Waals surface area contributed by atoms with Crippen molar-refractivity contribution in [2.75, 3.05) is 5.32 Å². The van der Waals surface area contributed by atoms with Crippen LogP contribution in [0.1, 0.15) is 25.7 Å². The molecular formula is C13H17N3S. The SMILES string of the molecule is S=C(Nc1cccnc1)N[C@H]1C[C@@H]2CC[C@@H]1C2. The Morgan fingerprint density at radius 2 is 2.29 bits per heavy atom. The molecule has 1 heterocycles. The average Bonchev–Trinajstić information content (AvgIpc) is 2.92. The zero-order valence-corrected chi connectivity index (χ0v) is 10.5. The Morgan fingerprint density at radius 1 is 1.35 bits per heavy atom. The fourth-order valence-electron chi connectivity index (χ4n) is 3.19. The Balaban J connectivity index is 1.54. The molecule has 4 heteroatoms. The molecule has 17 heavy (non-hydrogen) atoms. The maximum absolute atomic E-state index is 5.34. The van der Waals surface area contributed by atoms with E-state index in [1.54, 1.807) is 12.4 Å². The van der Waals surface area contributed by atoms with E-state index in [0.717, 1.165) is 22.6 Å². The van der Waals surface area contributed by atoms with Crippen LogP contribution in [0.15, 0.2) is 24.5 Å². The fourth-order valence-corrected chi connectivity index (χ4v) is 3.46. The molecule has 3 rings (SSSR count). The van der Waals surface area contributed by atoms with Crippen LogP contribution in [0, 0.1) is 11.8 Å². The molecule has 2 bridgehead atoms. The van der Waals surface area contributed by atoms with Crippen LogP contribution in [0.3, 0.4) is 0 Å². The molecule has 3 atom stereocenters. The molecule has 2 N–H and O–H groups in total. The third kappa shape index (κ3) is 2.41. The summed E-state index contributed by atoms with van der Waals surface area (Å²) in [5.41, 5.74) is 0.952. The average molecular weight is 247 g/mol. The Hall–Kier alpha value is -1.16. The minimum absolute atomic E-state index is 0.588. The third-order valence-electron chi connectivity index (χ3n) is 3.97. The van der Waals surface area contributed by atoms with Crippen molar-refractivity contribution in [1.29, 1.82) is 0 Å². The van der Waals surface area contributed by atoms with Crippen LogP contribution in [0.5, 0.6) is 0 Å². The molecule has 1 aromatic heterocycles. The molecule has 2 fully saturated rings. The molecule has 90 valence electrons. The second kappa shape index (κ2) is 4.61. The van der Waals surface area contributed by atoms with Crippen molar-refractivity contribution < 1.29 is 0 Å². The van der Waals surface area contributed by atoms with Gasteiger partial charge in [0.05, 0.1) is 11.9 Å². The van der Waals surface area contributed by atoms with Gasteiger partial charge in [0, 0.05) is 12.2 Å². The highest BCUT2D eigenvalue weighted by molar-refractivity contribution is 7.80. The van der Waals surface area contributed by atoms with E-state index in [9.17, 15) is 0 Å². The molecule has 1 aromatic rings. The molecule has 2 saturated carbocycles. The minimum Gasteiger partial charge on any atom is -0.359 e. The van der Waals surface area contributed by atoms with Crippen molar-refractivity contribution >= 4 is 23.0 Å². The molecule has 0 spiro atoms. The van der Waals surface area contributed by atoms with Gasteiger partial charge in [0.1, 0.15) is 0 Å². The van der Waals surface area contributed by atoms with Gasteiger partial charge in [0.15, 0.2) is 5.11 Å². The predicted molar refractivity (Wildman–Crippen MR) is 72.8 cm³/mol. The van der Waals surface area contributed by atoms with Crippen LogP contribution in [-0.2, 0) is 0 Å². The lowest BCUT2D eigenvalue weighted by Gasteiger charge is -2.24. The number of hydrogen-bond donors (Lipinski definition) is 2. The number of hydrogen-bond acceptors (Lipinski definition) is 2. The maximum Gasteiger partial charge on any atom is 0.171 e. The van der Waals surface area contributed by atoms with Gasteiger partial charge in [0.25, 0.3) is 0 Å². The lowest BCUT2D eigenvalue weighted by molar-refractivity contribution is 0.392. The second-order valence-corrected chi connectivity index (χ2v) is 5.53. The topological polar surface area (TPSA) is 37.0 Å². The van der Waals surface area contributed by atoms with E-state index in [-0.39, 0.29) is 0 Å². The summed E-state index contributed by atoms with van der Waals surface area (Å²) in [7, 11) is 0. The summed E-state index contributed by atoms with van der Waals surface area (Å²) in [6, 6.07) is 4.47. The minimum atomic E-state index is 0.588. The highest BCUT2D eigenvalue weighted by Crippen LogP contribution is 2.44. The van der Waals surface area contributed by atoms with Crippen LogP contribution in [-0.4, -0.2) is 16.1 Å². The number of fused-ring (bicyclic) bond motifs is 2. The van der Waals surface area contributed by atoms with Gasteiger partial charge in [-0.2, -0.15) is 0 Å². The summed E-state index contributed by atoms with van der Waals surface area (Å²) in [4.78, 5) is 4.06. The first kappa shape index (κ1) is 11.0. The number of anilines is 1. The Morgan fingerprint density at radius 3 is 2.94 bits per heavy atom. The van der Waals surface area contributed by atoms with Crippen LogP contribution >= 0.6 is 12.2 Å². The van der Waals surface area contributed by atoms with E-state index in [1.165, 1.54) is 25.7 Å². The Bertz CT molecular complexity index is 406. The maximum atomic E-state index is 5.34. The molecule has 0 radical (unpaired) electrons. The van der Waals surface area contributed by atoms with E-state index in [4.69, 9.17) is 12.2 Å². The summed E-state index contributed by atoms with van der Waals surface area (Å²) < 4.78 is 0. The van der Waals surface area contributed by atoms with Gasteiger partial charge in [-0.1, -0.05) is 6.42 Å². The van der Waals surface area contributed by atoms with Gasteiger partial charge in [-0.25, -0.2) is 0 Å². The monoisotopic (exact) mass is 247 g/mol. The Kier molecular flexibility index (Phi) is 2.97. The standard InChI is InChI=1S/C13H17N3S/c17-13(15-11-2-1-5-14-8-11)16-12-7-9-3-4-10(12)6-9/h1-2,5,8-10,12H,3-4,6-7H2,(H2,15,16,17)/t9-,10-,12+/m1/s1. The van der Waals surface area contributed by atoms with Crippen molar-refractivity contribution in [2.24, 2.45) is 11.8 Å². The largest absolute Gasteiger partial charge is 0.359 e. The molecular weight excluding hydrogens is 230 g/mol. The van der Waals surface area contributed by atoms with Crippen LogP contribution in [0.25, 0.3) is 0 Å². The van der Waals surface area contributed by atoms with E-state index in [0.29, 0.717) is 6.04 Å². The van der Waals surface area contributed by atoms with E-state index < -0.39 is 0 Å². The van der Waals surface area contributed by atoms with E-state index in [1.807, 2.05) is 12.1 Å². The summed E-state index contributed by atoms with van der Waals surface area (Å²) in [5.74, 6) is 1.78. The first-order valence-electron chi connectivity index (χ1n) is 6.29.